The molecule has 144 valence electrons. The molecule has 0 N–H and O–H groups in total. The molecule has 0 fully saturated rings. The van der Waals surface area contributed by atoms with Gasteiger partial charge in [-0.3, -0.25) is 14.4 Å². The molecule has 0 bridgehead atoms. The van der Waals surface area contributed by atoms with Gasteiger partial charge in [0.05, 0.1) is 0 Å². The molecule has 27 heavy (non-hydrogen) atoms. The van der Waals surface area contributed by atoms with E-state index in [-0.39, 0.29) is 37.2 Å². The normalized spacial score (nSPS) is 7.56. The van der Waals surface area contributed by atoms with Gasteiger partial charge in [-0.25, -0.2) is 0 Å². The third kappa shape index (κ3) is 14.4. The van der Waals surface area contributed by atoms with Gasteiger partial charge in [-0.15, -0.1) is 37.2 Å². The minimum Gasteiger partial charge on any atom is -0.298 e. The lowest BCUT2D eigenvalue weighted by molar-refractivity contribution is 0.111. The van der Waals surface area contributed by atoms with Crippen molar-refractivity contribution >= 4 is 56.1 Å². The third-order valence-electron chi connectivity index (χ3n) is 2.81. The Morgan fingerprint density at radius 3 is 0.667 bits per heavy atom. The summed E-state index contributed by atoms with van der Waals surface area (Å²) in [5, 5.41) is 0. The SMILES string of the molecule is Cl.Cl.Cl.O=Cc1ccccc1.O=Cc1ccccc1.O=Cc1ccccc1. The molecule has 0 aliphatic carbocycles. The highest BCUT2D eigenvalue weighted by Gasteiger charge is 1.81. The van der Waals surface area contributed by atoms with E-state index in [0.29, 0.717) is 0 Å². The number of carbonyl (C=O) groups excluding carboxylic acids is 3. The van der Waals surface area contributed by atoms with Crippen molar-refractivity contribution in [3.63, 3.8) is 0 Å². The van der Waals surface area contributed by atoms with Crippen LogP contribution in [0, 0.1) is 0 Å². The molecule has 0 atom stereocenters. The summed E-state index contributed by atoms with van der Waals surface area (Å²) >= 11 is 0. The average molecular weight is 428 g/mol. The first kappa shape index (κ1) is 29.3. The fourth-order valence-electron chi connectivity index (χ4n) is 1.59. The van der Waals surface area contributed by atoms with Crippen molar-refractivity contribution in [2.24, 2.45) is 0 Å². The molecule has 3 nitrogen and oxygen atoms in total. The first-order valence-corrected chi connectivity index (χ1v) is 7.31. The van der Waals surface area contributed by atoms with Gasteiger partial charge in [0.1, 0.15) is 18.9 Å². The molecule has 0 aromatic heterocycles. The van der Waals surface area contributed by atoms with Crippen LogP contribution in [0.1, 0.15) is 31.1 Å². The van der Waals surface area contributed by atoms with Crippen molar-refractivity contribution < 1.29 is 14.4 Å². The smallest absolute Gasteiger partial charge is 0.150 e. The van der Waals surface area contributed by atoms with Gasteiger partial charge in [-0.05, 0) is 0 Å². The fourth-order valence-corrected chi connectivity index (χ4v) is 1.59. The van der Waals surface area contributed by atoms with Crippen LogP contribution in [0.3, 0.4) is 0 Å². The van der Waals surface area contributed by atoms with E-state index in [1.54, 1.807) is 36.4 Å². The number of halogens is 3. The Kier molecular flexibility index (Phi) is 21.6. The zero-order chi connectivity index (χ0) is 17.5. The summed E-state index contributed by atoms with van der Waals surface area (Å²) < 4.78 is 0. The highest BCUT2D eigenvalue weighted by atomic mass is 35.5. The quantitative estimate of drug-likeness (QED) is 0.499. The number of benzene rings is 3. The van der Waals surface area contributed by atoms with Crippen LogP contribution >= 0.6 is 37.2 Å². The molecule has 0 spiro atoms. The molecule has 3 rings (SSSR count). The zero-order valence-electron chi connectivity index (χ0n) is 14.3. The molecule has 0 radical (unpaired) electrons. The van der Waals surface area contributed by atoms with E-state index in [1.165, 1.54) is 0 Å². The van der Waals surface area contributed by atoms with Crippen molar-refractivity contribution in [1.82, 2.24) is 0 Å². The number of aldehydes is 3. The van der Waals surface area contributed by atoms with Gasteiger partial charge in [0, 0.05) is 16.7 Å². The van der Waals surface area contributed by atoms with E-state index >= 15 is 0 Å². The second kappa shape index (κ2) is 19.9. The Morgan fingerprint density at radius 2 is 0.556 bits per heavy atom. The first-order valence-electron chi connectivity index (χ1n) is 7.31. The van der Waals surface area contributed by atoms with Gasteiger partial charge in [-0.1, -0.05) is 91.0 Å². The molecule has 0 heterocycles. The Bertz CT molecular complexity index is 618. The Morgan fingerprint density at radius 1 is 0.370 bits per heavy atom. The topological polar surface area (TPSA) is 51.2 Å². The van der Waals surface area contributed by atoms with Crippen LogP contribution in [-0.4, -0.2) is 18.9 Å². The Labute approximate surface area is 178 Å². The van der Waals surface area contributed by atoms with Crippen LogP contribution in [0.2, 0.25) is 0 Å². The number of hydrogen-bond acceptors (Lipinski definition) is 3. The molecular formula is C21H21Cl3O3. The van der Waals surface area contributed by atoms with Crippen molar-refractivity contribution in [3.8, 4) is 0 Å². The van der Waals surface area contributed by atoms with Crippen LogP contribution in [0.4, 0.5) is 0 Å². The van der Waals surface area contributed by atoms with E-state index in [2.05, 4.69) is 0 Å². The highest BCUT2D eigenvalue weighted by Crippen LogP contribution is 1.92. The van der Waals surface area contributed by atoms with E-state index in [0.717, 1.165) is 35.5 Å². The number of hydrogen-bond donors (Lipinski definition) is 0. The van der Waals surface area contributed by atoms with Crippen LogP contribution in [-0.2, 0) is 0 Å². The lowest BCUT2D eigenvalue weighted by atomic mass is 10.2. The predicted octanol–water partition coefficient (Wildman–Crippen LogP) is 5.76. The summed E-state index contributed by atoms with van der Waals surface area (Å²) in [4.78, 5) is 30.0. The summed E-state index contributed by atoms with van der Waals surface area (Å²) in [6.45, 7) is 0. The van der Waals surface area contributed by atoms with Gasteiger partial charge in [0.2, 0.25) is 0 Å². The molecule has 0 saturated carbocycles. The number of rotatable bonds is 3. The maximum Gasteiger partial charge on any atom is 0.150 e. The molecule has 0 saturated heterocycles. The van der Waals surface area contributed by atoms with Gasteiger partial charge < -0.3 is 0 Å². The average Bonchev–Trinajstić information content (AvgIpc) is 2.71. The monoisotopic (exact) mass is 426 g/mol. The van der Waals surface area contributed by atoms with Crippen LogP contribution in [0.5, 0.6) is 0 Å². The van der Waals surface area contributed by atoms with E-state index in [4.69, 9.17) is 0 Å². The predicted molar refractivity (Wildman–Crippen MR) is 117 cm³/mol. The molecule has 0 aliphatic rings. The van der Waals surface area contributed by atoms with E-state index in [9.17, 15) is 14.4 Å². The van der Waals surface area contributed by atoms with Crippen molar-refractivity contribution in [1.29, 1.82) is 0 Å². The summed E-state index contributed by atoms with van der Waals surface area (Å²) in [6, 6.07) is 27.3. The minimum atomic E-state index is 0. The van der Waals surface area contributed by atoms with Crippen LogP contribution < -0.4 is 0 Å². The Hall–Kier alpha value is -2.46. The summed E-state index contributed by atoms with van der Waals surface area (Å²) in [5.74, 6) is 0. The van der Waals surface area contributed by atoms with Crippen LogP contribution in [0.15, 0.2) is 91.0 Å². The third-order valence-corrected chi connectivity index (χ3v) is 2.81. The molecular weight excluding hydrogens is 407 g/mol. The molecule has 3 aromatic carbocycles. The highest BCUT2D eigenvalue weighted by molar-refractivity contribution is 5.86. The maximum atomic E-state index is 10.0. The van der Waals surface area contributed by atoms with Crippen molar-refractivity contribution in [3.05, 3.63) is 108 Å². The van der Waals surface area contributed by atoms with Gasteiger partial charge in [0.15, 0.2) is 0 Å². The molecule has 6 heteroatoms. The summed E-state index contributed by atoms with van der Waals surface area (Å²) in [6.07, 6.45) is 2.50. The summed E-state index contributed by atoms with van der Waals surface area (Å²) in [5.41, 5.74) is 2.19. The van der Waals surface area contributed by atoms with E-state index in [1.807, 2.05) is 54.6 Å². The lowest BCUT2D eigenvalue weighted by Crippen LogP contribution is -1.73. The summed E-state index contributed by atoms with van der Waals surface area (Å²) in [7, 11) is 0. The lowest BCUT2D eigenvalue weighted by Gasteiger charge is -1.81. The standard InChI is InChI=1S/3C7H6O.3ClH/c3*8-6-7-4-2-1-3-5-7;;;/h3*1-6H;3*1H. The van der Waals surface area contributed by atoms with Crippen molar-refractivity contribution in [2.75, 3.05) is 0 Å². The van der Waals surface area contributed by atoms with E-state index < -0.39 is 0 Å². The minimum absolute atomic E-state index is 0. The largest absolute Gasteiger partial charge is 0.298 e. The van der Waals surface area contributed by atoms with Gasteiger partial charge in [0.25, 0.3) is 0 Å². The number of carbonyl (C=O) groups is 3. The fraction of sp³-hybridized carbons (Fsp3) is 0. The Balaban J connectivity index is -0.000000303. The molecule has 0 amide bonds. The second-order valence-electron chi connectivity index (χ2n) is 4.59. The van der Waals surface area contributed by atoms with Crippen LogP contribution in [0.25, 0.3) is 0 Å². The van der Waals surface area contributed by atoms with Gasteiger partial charge >= 0.3 is 0 Å². The maximum absolute atomic E-state index is 10.0. The first-order chi connectivity index (χ1) is 11.8. The van der Waals surface area contributed by atoms with Gasteiger partial charge in [-0.2, -0.15) is 0 Å². The van der Waals surface area contributed by atoms with Crippen molar-refractivity contribution in [2.45, 2.75) is 0 Å². The molecule has 3 aromatic rings. The molecule has 0 unspecified atom stereocenters. The second-order valence-corrected chi connectivity index (χ2v) is 4.59. The molecule has 0 aliphatic heterocycles. The zero-order valence-corrected chi connectivity index (χ0v) is 16.8.